The van der Waals surface area contributed by atoms with Crippen molar-refractivity contribution in [2.24, 2.45) is 0 Å². The number of nitrogens with zero attached hydrogens (tertiary/aromatic N) is 2. The molecular weight excluding hydrogens is 102 g/mol. The summed E-state index contributed by atoms with van der Waals surface area (Å²) in [6.07, 6.45) is 4.10. The Morgan fingerprint density at radius 1 is 1.75 bits per heavy atom. The van der Waals surface area contributed by atoms with E-state index in [1.807, 2.05) is 6.92 Å². The molecule has 0 saturated carbocycles. The minimum Gasteiger partial charge on any atom is -0.382 e. The van der Waals surface area contributed by atoms with Crippen molar-refractivity contribution in [2.75, 3.05) is 5.73 Å². The summed E-state index contributed by atoms with van der Waals surface area (Å²) >= 11 is 0. The van der Waals surface area contributed by atoms with E-state index < -0.39 is 0 Å². The molecule has 0 bridgehead atoms. The monoisotopic (exact) mass is 108 g/mol. The van der Waals surface area contributed by atoms with Crippen molar-refractivity contribution in [2.45, 2.75) is 6.92 Å². The van der Waals surface area contributed by atoms with Gasteiger partial charge in [0.1, 0.15) is 6.20 Å². The lowest BCUT2D eigenvalue weighted by molar-refractivity contribution is 1.12. The van der Waals surface area contributed by atoms with Crippen LogP contribution in [0.4, 0.5) is 5.82 Å². The maximum absolute atomic E-state index is 5.23. The number of anilines is 1. The van der Waals surface area contributed by atoms with E-state index in [0.29, 0.717) is 5.82 Å². The molecule has 0 fully saturated rings. The molecule has 0 aliphatic rings. The van der Waals surface area contributed by atoms with Crippen molar-refractivity contribution in [3.63, 3.8) is 0 Å². The lowest BCUT2D eigenvalue weighted by Crippen LogP contribution is -1.92. The zero-order chi connectivity index (χ0) is 5.98. The van der Waals surface area contributed by atoms with E-state index in [9.17, 15) is 0 Å². The number of hydrogen-bond donors (Lipinski definition) is 1. The second kappa shape index (κ2) is 1.78. The third-order valence-electron chi connectivity index (χ3n) is 0.727. The number of aromatic nitrogens is 2. The van der Waals surface area contributed by atoms with Crippen LogP contribution in [0.3, 0.4) is 0 Å². The van der Waals surface area contributed by atoms with E-state index in [4.69, 9.17) is 5.73 Å². The first-order valence-corrected chi connectivity index (χ1v) is 2.26. The first-order valence-electron chi connectivity index (χ1n) is 2.26. The molecule has 0 unspecified atom stereocenters. The van der Waals surface area contributed by atoms with E-state index in [-0.39, 0.29) is 0 Å². The molecule has 0 amide bonds. The molecule has 8 heavy (non-hydrogen) atoms. The van der Waals surface area contributed by atoms with Gasteiger partial charge in [-0.05, 0) is 6.92 Å². The van der Waals surface area contributed by atoms with Crippen LogP contribution in [0.5, 0.6) is 0 Å². The summed E-state index contributed by atoms with van der Waals surface area (Å²) in [5.74, 6) is 0.352. The molecule has 1 aromatic heterocycles. The molecule has 1 heterocycles. The fourth-order valence-electron chi connectivity index (χ4n) is 0.436. The highest BCUT2D eigenvalue weighted by Crippen LogP contribution is 1.91. The fraction of sp³-hybridized carbons (Fsp3) is 0.200. The zero-order valence-corrected chi connectivity index (χ0v) is 4.55. The minimum atomic E-state index is 0.352. The van der Waals surface area contributed by atoms with Gasteiger partial charge in [0, 0.05) is 6.20 Å². The third kappa shape index (κ3) is 0.932. The lowest BCUT2D eigenvalue weighted by atomic mass is 10.5. The SMILES string of the molecule is Cc1cn[c]c(N)n1. The van der Waals surface area contributed by atoms with E-state index in [1.165, 1.54) is 0 Å². The van der Waals surface area contributed by atoms with E-state index in [0.717, 1.165) is 5.69 Å². The number of hydrogen-bond acceptors (Lipinski definition) is 3. The molecule has 2 N–H and O–H groups in total. The maximum atomic E-state index is 5.23. The topological polar surface area (TPSA) is 51.8 Å². The molecule has 1 rings (SSSR count). The highest BCUT2D eigenvalue weighted by atomic mass is 14.9. The zero-order valence-electron chi connectivity index (χ0n) is 4.55. The van der Waals surface area contributed by atoms with Gasteiger partial charge in [0.25, 0.3) is 0 Å². The van der Waals surface area contributed by atoms with Crippen LogP contribution in [0.1, 0.15) is 5.69 Å². The third-order valence-corrected chi connectivity index (χ3v) is 0.727. The van der Waals surface area contributed by atoms with Gasteiger partial charge < -0.3 is 5.73 Å². The van der Waals surface area contributed by atoms with Crippen molar-refractivity contribution in [3.8, 4) is 0 Å². The number of aryl methyl sites for hydroxylation is 1. The van der Waals surface area contributed by atoms with Gasteiger partial charge in [-0.3, -0.25) is 0 Å². The molecule has 0 atom stereocenters. The van der Waals surface area contributed by atoms with Gasteiger partial charge in [-0.15, -0.1) is 0 Å². The number of rotatable bonds is 0. The van der Waals surface area contributed by atoms with Crippen LogP contribution in [0.15, 0.2) is 6.20 Å². The van der Waals surface area contributed by atoms with Crippen LogP contribution < -0.4 is 5.73 Å². The smallest absolute Gasteiger partial charge is 0.152 e. The van der Waals surface area contributed by atoms with Crippen LogP contribution in [-0.2, 0) is 0 Å². The molecular formula is C5H6N3. The van der Waals surface area contributed by atoms with Gasteiger partial charge in [0.2, 0.25) is 0 Å². The van der Waals surface area contributed by atoms with Gasteiger partial charge >= 0.3 is 0 Å². The summed E-state index contributed by atoms with van der Waals surface area (Å²) in [7, 11) is 0. The van der Waals surface area contributed by atoms with Gasteiger partial charge in [-0.1, -0.05) is 0 Å². The van der Waals surface area contributed by atoms with Gasteiger partial charge in [0.05, 0.1) is 5.69 Å². The van der Waals surface area contributed by atoms with Gasteiger partial charge in [-0.2, -0.15) is 0 Å². The van der Waals surface area contributed by atoms with Crippen LogP contribution >= 0.6 is 0 Å². The van der Waals surface area contributed by atoms with Crippen molar-refractivity contribution in [1.29, 1.82) is 0 Å². The largest absolute Gasteiger partial charge is 0.382 e. The predicted molar refractivity (Wildman–Crippen MR) is 30.0 cm³/mol. The molecule has 0 saturated heterocycles. The fourth-order valence-corrected chi connectivity index (χ4v) is 0.436. The minimum absolute atomic E-state index is 0.352. The quantitative estimate of drug-likeness (QED) is 0.515. The first kappa shape index (κ1) is 5.03. The van der Waals surface area contributed by atoms with Crippen LogP contribution in [0.25, 0.3) is 0 Å². The molecule has 0 aromatic carbocycles. The summed E-state index contributed by atoms with van der Waals surface area (Å²) in [4.78, 5) is 7.50. The Labute approximate surface area is 47.6 Å². The van der Waals surface area contributed by atoms with Crippen LogP contribution in [-0.4, -0.2) is 9.97 Å². The Balaban J connectivity index is 3.08. The first-order chi connectivity index (χ1) is 3.79. The Hall–Kier alpha value is -1.12. The highest BCUT2D eigenvalue weighted by Gasteiger charge is 1.85. The van der Waals surface area contributed by atoms with Crippen LogP contribution in [0, 0.1) is 13.1 Å². The highest BCUT2D eigenvalue weighted by molar-refractivity contribution is 5.21. The van der Waals surface area contributed by atoms with E-state index in [1.54, 1.807) is 6.20 Å². The normalized spacial score (nSPS) is 9.12. The summed E-state index contributed by atoms with van der Waals surface area (Å²) in [5, 5.41) is 0. The standard InChI is InChI=1S/C5H6N3/c1-4-2-7-3-5(6)8-4/h2H,1H3,(H2,6,8). The number of nitrogen functional groups attached to an aromatic ring is 1. The Morgan fingerprint density at radius 3 is 2.88 bits per heavy atom. The summed E-state index contributed by atoms with van der Waals surface area (Å²) in [6, 6.07) is 0. The van der Waals surface area contributed by atoms with Crippen LogP contribution in [0.2, 0.25) is 0 Å². The molecule has 0 aliphatic heterocycles. The van der Waals surface area contributed by atoms with E-state index >= 15 is 0 Å². The second-order valence-electron chi connectivity index (χ2n) is 1.51. The summed E-state index contributed by atoms with van der Waals surface area (Å²) < 4.78 is 0. The summed E-state index contributed by atoms with van der Waals surface area (Å²) in [5.41, 5.74) is 6.05. The Kier molecular flexibility index (Phi) is 1.12. The van der Waals surface area contributed by atoms with E-state index in [2.05, 4.69) is 16.2 Å². The Morgan fingerprint density at radius 2 is 2.50 bits per heavy atom. The van der Waals surface area contributed by atoms with Crippen molar-refractivity contribution in [1.82, 2.24) is 9.97 Å². The van der Waals surface area contributed by atoms with Gasteiger partial charge in [-0.25, -0.2) is 9.97 Å². The maximum Gasteiger partial charge on any atom is 0.152 e. The Bertz CT molecular complexity index is 168. The molecule has 3 heteroatoms. The molecule has 0 spiro atoms. The molecule has 41 valence electrons. The average molecular weight is 108 g/mol. The number of nitrogens with two attached hydrogens (primary N) is 1. The lowest BCUT2D eigenvalue weighted by Gasteiger charge is -1.88. The second-order valence-corrected chi connectivity index (χ2v) is 1.51. The molecule has 1 aromatic rings. The molecule has 0 aliphatic carbocycles. The summed E-state index contributed by atoms with van der Waals surface area (Å²) in [6.45, 7) is 1.83. The van der Waals surface area contributed by atoms with Crippen molar-refractivity contribution >= 4 is 5.82 Å². The van der Waals surface area contributed by atoms with Crippen molar-refractivity contribution < 1.29 is 0 Å². The molecule has 3 nitrogen and oxygen atoms in total. The average Bonchev–Trinajstić information content (AvgIpc) is 1.64. The molecule has 1 radical (unpaired) electrons. The van der Waals surface area contributed by atoms with Gasteiger partial charge in [0.15, 0.2) is 5.82 Å². The van der Waals surface area contributed by atoms with Crippen molar-refractivity contribution in [3.05, 3.63) is 18.1 Å². The predicted octanol–water partition coefficient (Wildman–Crippen LogP) is 0.167.